The third-order valence-corrected chi connectivity index (χ3v) is 0.763. The van der Waals surface area contributed by atoms with Crippen LogP contribution in [0, 0.1) is 6.42 Å². The van der Waals surface area contributed by atoms with Gasteiger partial charge in [-0.25, -0.2) is 0 Å². The van der Waals surface area contributed by atoms with Gasteiger partial charge >= 0.3 is 58.2 Å². The van der Waals surface area contributed by atoms with Gasteiger partial charge in [0.2, 0.25) is 0 Å². The molecule has 0 aliphatic heterocycles. The molecule has 0 heterocycles. The minimum absolute atomic E-state index is 0. The summed E-state index contributed by atoms with van der Waals surface area (Å²) in [5.74, 6) is -0.494. The second-order valence-electron chi connectivity index (χ2n) is 1.53. The molecule has 0 atom stereocenters. The molecule has 2 amide bonds. The average molecular weight is 301 g/mol. The molecule has 0 aliphatic carbocycles. The Balaban J connectivity index is -0.000000320. The number of nitrogens with zero attached hydrogens (tertiary/aromatic N) is 1. The number of unbranched alkanes of at least 4 members (excludes halogenated alkanes) is 1. The van der Waals surface area contributed by atoms with E-state index < -0.39 is 5.91 Å². The number of rotatable bonds is 4. The van der Waals surface area contributed by atoms with Gasteiger partial charge in [-0.2, -0.15) is 12.8 Å². The van der Waals surface area contributed by atoms with Gasteiger partial charge in [0.15, 0.2) is 0 Å². The molecule has 0 aromatic heterocycles. The van der Waals surface area contributed by atoms with Gasteiger partial charge in [0.1, 0.15) is 0 Å². The van der Waals surface area contributed by atoms with Crippen LogP contribution < -0.4 is 58.2 Å². The van der Waals surface area contributed by atoms with Crippen molar-refractivity contribution in [3.05, 3.63) is 11.7 Å². The number of amides is 2. The molecule has 0 aromatic carbocycles. The Morgan fingerprint density at radius 3 is 2.55 bits per heavy atom. The molecule has 0 aromatic rings. The van der Waals surface area contributed by atoms with Crippen LogP contribution in [0.25, 0.3) is 5.32 Å². The fourth-order valence-electron chi connectivity index (χ4n) is 0.358. The fraction of sp³-hybridized carbons (Fsp3) is 0.500. The van der Waals surface area contributed by atoms with E-state index in [1.165, 1.54) is 12.8 Å². The molecule has 0 unspecified atom stereocenters. The Hall–Kier alpha value is 1.92. The van der Waals surface area contributed by atoms with Crippen LogP contribution in [0.4, 0.5) is 0 Å². The molecule has 0 N–H and O–H groups in total. The Morgan fingerprint density at radius 1 is 1.64 bits per heavy atom. The fourth-order valence-corrected chi connectivity index (χ4v) is 0.358. The second-order valence-corrected chi connectivity index (χ2v) is 1.53. The molecule has 3 nitrogen and oxygen atoms in total. The van der Waals surface area contributed by atoms with Crippen LogP contribution in [0.1, 0.15) is 19.8 Å². The maximum Gasteiger partial charge on any atom is 1.00 e. The predicted octanol–water partition coefficient (Wildman–Crippen LogP) is -2.04. The third-order valence-electron chi connectivity index (χ3n) is 0.763. The average Bonchev–Trinajstić information content (AvgIpc) is 1.85. The molecule has 0 saturated carbocycles. The minimum atomic E-state index is -0.494. The maximum atomic E-state index is 10.3. The number of imide groups is 1. The molecule has 0 saturated heterocycles. The van der Waals surface area contributed by atoms with E-state index in [1.807, 2.05) is 6.92 Å². The van der Waals surface area contributed by atoms with E-state index in [1.54, 1.807) is 0 Å². The van der Waals surface area contributed by atoms with Crippen molar-refractivity contribution in [1.29, 1.82) is 0 Å². The first kappa shape index (κ1) is 18.7. The molecule has 1 radical (unpaired) electrons. The van der Waals surface area contributed by atoms with Crippen LogP contribution in [0.15, 0.2) is 0 Å². The zero-order valence-electron chi connectivity index (χ0n) is 6.83. The summed E-state index contributed by atoms with van der Waals surface area (Å²) < 4.78 is 0. The van der Waals surface area contributed by atoms with E-state index in [9.17, 15) is 9.59 Å². The molecule has 0 bridgehead atoms. The first-order valence-electron chi connectivity index (χ1n) is 2.76. The summed E-state index contributed by atoms with van der Waals surface area (Å²) in [5, 5.41) is 2.86. The molecule has 5 heteroatoms. The van der Waals surface area contributed by atoms with E-state index in [4.69, 9.17) is 0 Å². The van der Waals surface area contributed by atoms with Crippen molar-refractivity contribution in [2.24, 2.45) is 0 Å². The first-order chi connectivity index (χ1) is 4.31. The van der Waals surface area contributed by atoms with Gasteiger partial charge in [0.05, 0.1) is 0 Å². The van der Waals surface area contributed by atoms with Crippen molar-refractivity contribution >= 4 is 12.3 Å². The van der Waals surface area contributed by atoms with Crippen LogP contribution in [-0.2, 0) is 42.3 Å². The third kappa shape index (κ3) is 14.7. The summed E-state index contributed by atoms with van der Waals surface area (Å²) >= 11 is 0. The van der Waals surface area contributed by atoms with Crippen LogP contribution >= 0.6 is 0 Å². The van der Waals surface area contributed by atoms with Crippen molar-refractivity contribution < 1.29 is 100 Å². The van der Waals surface area contributed by atoms with E-state index >= 15 is 0 Å². The molecular formula is C6H8NO2RbY-2. The van der Waals surface area contributed by atoms with Gasteiger partial charge < -0.3 is 21.3 Å². The Labute approximate surface area is 141 Å². The van der Waals surface area contributed by atoms with Gasteiger partial charge in [-0.15, -0.1) is 0 Å². The molecule has 0 fully saturated rings. The molecule has 11 heavy (non-hydrogen) atoms. The number of carbonyl (C=O) groups is 1. The summed E-state index contributed by atoms with van der Waals surface area (Å²) in [6.07, 6.45) is 4.10. The van der Waals surface area contributed by atoms with Crippen molar-refractivity contribution in [2.45, 2.75) is 19.8 Å². The van der Waals surface area contributed by atoms with Gasteiger partial charge in [-0.05, 0) is 0 Å². The summed E-state index contributed by atoms with van der Waals surface area (Å²) in [6.45, 7) is 1.94. The zero-order chi connectivity index (χ0) is 7.11. The molecular weight excluding hydrogens is 292 g/mol. The van der Waals surface area contributed by atoms with Crippen molar-refractivity contribution in [1.82, 2.24) is 0 Å². The van der Waals surface area contributed by atoms with E-state index in [2.05, 4.69) is 5.32 Å². The van der Waals surface area contributed by atoms with Crippen LogP contribution in [0.2, 0.25) is 0 Å². The monoisotopic (exact) mass is 300 g/mol. The van der Waals surface area contributed by atoms with Crippen LogP contribution in [0.3, 0.4) is 0 Å². The topological polar surface area (TPSA) is 48.2 Å². The van der Waals surface area contributed by atoms with E-state index in [0.717, 1.165) is 6.42 Å². The minimum Gasteiger partial charge on any atom is -0.805 e. The number of hydrogen-bond donors (Lipinski definition) is 0. The Kier molecular flexibility index (Phi) is 24.5. The number of hydrogen-bond acceptors (Lipinski definition) is 2. The summed E-state index contributed by atoms with van der Waals surface area (Å²) in [6, 6.07) is 0. The van der Waals surface area contributed by atoms with Gasteiger partial charge in [-0.3, -0.25) is 5.91 Å². The van der Waals surface area contributed by atoms with Crippen LogP contribution in [0.5, 0.6) is 0 Å². The summed E-state index contributed by atoms with van der Waals surface area (Å²) in [4.78, 5) is 19.8. The smallest absolute Gasteiger partial charge is 0.805 e. The van der Waals surface area contributed by atoms with E-state index in [0.29, 0.717) is 6.42 Å². The molecule has 55 valence electrons. The first-order valence-corrected chi connectivity index (χ1v) is 2.76. The maximum absolute atomic E-state index is 10.3. The van der Waals surface area contributed by atoms with E-state index in [-0.39, 0.29) is 90.9 Å². The molecule has 0 aliphatic rings. The quantitative estimate of drug-likeness (QED) is 0.562. The Bertz CT molecular complexity index is 111. The van der Waals surface area contributed by atoms with Gasteiger partial charge in [-0.1, -0.05) is 13.3 Å². The standard InChI is InChI=1S/C6H8NO2.Rb.Y/c1-2-3-4-6(9)7-5-8;;/h4H,2-3H2,1H3;;/q-3;+1;. The molecule has 0 rings (SSSR count). The Morgan fingerprint density at radius 2 is 2.18 bits per heavy atom. The second kappa shape index (κ2) is 14.4. The van der Waals surface area contributed by atoms with Crippen molar-refractivity contribution in [3.8, 4) is 0 Å². The summed E-state index contributed by atoms with van der Waals surface area (Å²) in [5.41, 5.74) is 0. The SMILES string of the molecule is CCC[CH-]C(=O)[N-][C-]=O.[Rb+].[Y]. The normalized spacial score (nSPS) is 6.64. The largest absolute Gasteiger partial charge is 1.00 e. The summed E-state index contributed by atoms with van der Waals surface area (Å²) in [7, 11) is 0. The van der Waals surface area contributed by atoms with Crippen LogP contribution in [-0.4, -0.2) is 12.3 Å². The van der Waals surface area contributed by atoms with Gasteiger partial charge in [0.25, 0.3) is 0 Å². The predicted molar refractivity (Wildman–Crippen MR) is 33.3 cm³/mol. The molecule has 0 spiro atoms. The zero-order valence-corrected chi connectivity index (χ0v) is 14.6. The van der Waals surface area contributed by atoms with Gasteiger partial charge in [0, 0.05) is 32.7 Å². The number of carbonyl (C=O) groups excluding carboxylic acids is 2. The van der Waals surface area contributed by atoms with Crippen molar-refractivity contribution in [3.63, 3.8) is 0 Å². The van der Waals surface area contributed by atoms with Crippen molar-refractivity contribution in [2.75, 3.05) is 0 Å².